The van der Waals surface area contributed by atoms with Crippen LogP contribution in [0.15, 0.2) is 54.6 Å². The highest BCUT2D eigenvalue weighted by Gasteiger charge is 2.08. The molecule has 0 amide bonds. The van der Waals surface area contributed by atoms with Crippen LogP contribution in [0.5, 0.6) is 0 Å². The molecule has 0 radical (unpaired) electrons. The summed E-state index contributed by atoms with van der Waals surface area (Å²) in [6, 6.07) is 13.9. The van der Waals surface area contributed by atoms with Crippen molar-refractivity contribution >= 4 is 23.4 Å². The van der Waals surface area contributed by atoms with Gasteiger partial charge in [-0.05, 0) is 36.4 Å². The van der Waals surface area contributed by atoms with E-state index < -0.39 is 11.8 Å². The van der Waals surface area contributed by atoms with Gasteiger partial charge >= 0.3 is 5.97 Å². The van der Waals surface area contributed by atoms with E-state index in [0.29, 0.717) is 5.56 Å². The van der Waals surface area contributed by atoms with Gasteiger partial charge in [-0.1, -0.05) is 18.2 Å². The van der Waals surface area contributed by atoms with Crippen molar-refractivity contribution in [1.29, 1.82) is 0 Å². The zero-order valence-corrected chi connectivity index (χ0v) is 11.0. The smallest absolute Gasteiger partial charge is 0.328 e. The fourth-order valence-corrected chi connectivity index (χ4v) is 1.92. The van der Waals surface area contributed by atoms with Gasteiger partial charge in [-0.2, -0.15) is 0 Å². The van der Waals surface area contributed by atoms with E-state index in [0.717, 1.165) is 17.5 Å². The zero-order valence-electron chi connectivity index (χ0n) is 11.0. The van der Waals surface area contributed by atoms with E-state index in [1.807, 2.05) is 42.3 Å². The molecule has 0 aliphatic carbocycles. The Morgan fingerprint density at radius 2 is 1.90 bits per heavy atom. The zero-order chi connectivity index (χ0) is 14.5. The van der Waals surface area contributed by atoms with Crippen LogP contribution < -0.4 is 4.90 Å². The van der Waals surface area contributed by atoms with E-state index >= 15 is 0 Å². The summed E-state index contributed by atoms with van der Waals surface area (Å²) in [7, 11) is 1.85. The molecule has 0 heterocycles. The molecule has 0 fully saturated rings. The largest absolute Gasteiger partial charge is 0.478 e. The van der Waals surface area contributed by atoms with Crippen molar-refractivity contribution in [2.45, 2.75) is 0 Å². The van der Waals surface area contributed by atoms with Gasteiger partial charge in [0, 0.05) is 30.1 Å². The number of rotatable bonds is 4. The average molecular weight is 271 g/mol. The van der Waals surface area contributed by atoms with Crippen LogP contribution in [0, 0.1) is 5.82 Å². The van der Waals surface area contributed by atoms with Gasteiger partial charge in [0.05, 0.1) is 0 Å². The van der Waals surface area contributed by atoms with Crippen LogP contribution in [0.3, 0.4) is 0 Å². The van der Waals surface area contributed by atoms with Gasteiger partial charge in [-0.3, -0.25) is 0 Å². The van der Waals surface area contributed by atoms with E-state index in [9.17, 15) is 9.18 Å². The lowest BCUT2D eigenvalue weighted by Gasteiger charge is -2.21. The molecule has 0 bridgehead atoms. The molecular formula is C16H14FNO2. The highest BCUT2D eigenvalue weighted by Crippen LogP contribution is 2.28. The second kappa shape index (κ2) is 6.02. The Morgan fingerprint density at radius 1 is 1.20 bits per heavy atom. The van der Waals surface area contributed by atoms with E-state index in [1.165, 1.54) is 18.2 Å². The molecule has 0 spiro atoms. The topological polar surface area (TPSA) is 40.5 Å². The van der Waals surface area contributed by atoms with Gasteiger partial charge in [0.1, 0.15) is 5.82 Å². The number of anilines is 2. The first-order valence-electron chi connectivity index (χ1n) is 6.07. The Kier molecular flexibility index (Phi) is 4.15. The summed E-state index contributed by atoms with van der Waals surface area (Å²) in [6.07, 6.45) is 2.39. The number of para-hydroxylation sites is 1. The molecule has 0 saturated heterocycles. The molecule has 4 heteroatoms. The van der Waals surface area contributed by atoms with Crippen LogP contribution in [0.2, 0.25) is 0 Å². The predicted octanol–water partition coefficient (Wildman–Crippen LogP) is 3.69. The first-order valence-corrected chi connectivity index (χ1v) is 6.07. The number of aliphatic carboxylic acids is 1. The number of hydrogen-bond acceptors (Lipinski definition) is 2. The molecule has 0 aliphatic heterocycles. The second-order valence-corrected chi connectivity index (χ2v) is 4.27. The molecule has 2 rings (SSSR count). The van der Waals surface area contributed by atoms with Gasteiger partial charge in [0.2, 0.25) is 0 Å². The van der Waals surface area contributed by atoms with Gasteiger partial charge < -0.3 is 10.0 Å². The monoisotopic (exact) mass is 271 g/mol. The summed E-state index contributed by atoms with van der Waals surface area (Å²) in [6.45, 7) is 0. The van der Waals surface area contributed by atoms with E-state index in [2.05, 4.69) is 0 Å². The molecule has 0 aliphatic rings. The molecule has 0 atom stereocenters. The minimum atomic E-state index is -1.07. The number of benzene rings is 2. The maximum atomic E-state index is 13.3. The first-order chi connectivity index (χ1) is 9.58. The van der Waals surface area contributed by atoms with Crippen molar-refractivity contribution in [3.63, 3.8) is 0 Å². The summed E-state index contributed by atoms with van der Waals surface area (Å²) in [4.78, 5) is 12.5. The Balaban J connectivity index is 2.43. The molecule has 102 valence electrons. The Bertz CT molecular complexity index is 638. The fraction of sp³-hybridized carbons (Fsp3) is 0.0625. The minimum Gasteiger partial charge on any atom is -0.478 e. The normalized spacial score (nSPS) is 10.7. The predicted molar refractivity (Wildman–Crippen MR) is 77.6 cm³/mol. The molecule has 0 unspecified atom stereocenters. The third-order valence-corrected chi connectivity index (χ3v) is 2.90. The number of nitrogens with zero attached hydrogens (tertiary/aromatic N) is 1. The Labute approximate surface area is 116 Å². The highest BCUT2D eigenvalue weighted by molar-refractivity contribution is 5.87. The molecule has 0 aromatic heterocycles. The molecule has 3 nitrogen and oxygen atoms in total. The molecular weight excluding hydrogens is 257 g/mol. The molecule has 2 aromatic carbocycles. The summed E-state index contributed by atoms with van der Waals surface area (Å²) < 4.78 is 13.3. The van der Waals surface area contributed by atoms with Gasteiger partial charge in [-0.15, -0.1) is 0 Å². The van der Waals surface area contributed by atoms with Crippen molar-refractivity contribution in [2.75, 3.05) is 11.9 Å². The summed E-state index contributed by atoms with van der Waals surface area (Å²) >= 11 is 0. The lowest BCUT2D eigenvalue weighted by Crippen LogP contribution is -2.10. The summed E-state index contributed by atoms with van der Waals surface area (Å²) in [5.74, 6) is -1.47. The first kappa shape index (κ1) is 13.8. The standard InChI is InChI=1S/C16H14FNO2/c1-18(14-5-3-2-4-6-14)15-9-8-13(17)11-12(15)7-10-16(19)20/h2-11H,1H3,(H,19,20)/b10-7+. The minimum absolute atomic E-state index is 0.403. The molecule has 0 saturated carbocycles. The SMILES string of the molecule is CN(c1ccccc1)c1ccc(F)cc1/C=C/C(=O)O. The lowest BCUT2D eigenvalue weighted by atomic mass is 10.1. The maximum absolute atomic E-state index is 13.3. The molecule has 2 aromatic rings. The Hall–Kier alpha value is -2.62. The van der Waals surface area contributed by atoms with Crippen LogP contribution in [0.4, 0.5) is 15.8 Å². The maximum Gasteiger partial charge on any atom is 0.328 e. The van der Waals surface area contributed by atoms with Gasteiger partial charge in [0.25, 0.3) is 0 Å². The van der Waals surface area contributed by atoms with E-state index in [1.54, 1.807) is 6.07 Å². The van der Waals surface area contributed by atoms with E-state index in [-0.39, 0.29) is 0 Å². The van der Waals surface area contributed by atoms with Crippen LogP contribution in [-0.4, -0.2) is 18.1 Å². The Morgan fingerprint density at radius 3 is 2.55 bits per heavy atom. The van der Waals surface area contributed by atoms with Crippen molar-refractivity contribution in [1.82, 2.24) is 0 Å². The average Bonchev–Trinajstić information content (AvgIpc) is 2.45. The van der Waals surface area contributed by atoms with Crippen molar-refractivity contribution in [3.05, 3.63) is 66.0 Å². The number of carboxylic acid groups (broad SMARTS) is 1. The number of carbonyl (C=O) groups is 1. The van der Waals surface area contributed by atoms with Crippen molar-refractivity contribution in [3.8, 4) is 0 Å². The van der Waals surface area contributed by atoms with Crippen LogP contribution >= 0.6 is 0 Å². The molecule has 1 N–H and O–H groups in total. The van der Waals surface area contributed by atoms with Gasteiger partial charge in [0.15, 0.2) is 0 Å². The van der Waals surface area contributed by atoms with Crippen molar-refractivity contribution < 1.29 is 14.3 Å². The fourth-order valence-electron chi connectivity index (χ4n) is 1.92. The van der Waals surface area contributed by atoms with Crippen LogP contribution in [-0.2, 0) is 4.79 Å². The van der Waals surface area contributed by atoms with Crippen LogP contribution in [0.25, 0.3) is 6.08 Å². The third kappa shape index (κ3) is 3.23. The highest BCUT2D eigenvalue weighted by atomic mass is 19.1. The van der Waals surface area contributed by atoms with Crippen molar-refractivity contribution in [2.24, 2.45) is 0 Å². The van der Waals surface area contributed by atoms with E-state index in [4.69, 9.17) is 5.11 Å². The van der Waals surface area contributed by atoms with Gasteiger partial charge in [-0.25, -0.2) is 9.18 Å². The number of carboxylic acids is 1. The third-order valence-electron chi connectivity index (χ3n) is 2.90. The quantitative estimate of drug-likeness (QED) is 0.862. The number of hydrogen-bond donors (Lipinski definition) is 1. The number of halogens is 1. The molecule has 20 heavy (non-hydrogen) atoms. The van der Waals surface area contributed by atoms with Crippen LogP contribution in [0.1, 0.15) is 5.56 Å². The summed E-state index contributed by atoms with van der Waals surface area (Å²) in [5, 5.41) is 8.70. The second-order valence-electron chi connectivity index (χ2n) is 4.27. The summed E-state index contributed by atoms with van der Waals surface area (Å²) in [5.41, 5.74) is 2.18. The lowest BCUT2D eigenvalue weighted by molar-refractivity contribution is -0.131.